The van der Waals surface area contributed by atoms with Crippen LogP contribution in [0.1, 0.15) is 37.8 Å². The largest absolute Gasteiger partial charge is 0.356 e. The van der Waals surface area contributed by atoms with Gasteiger partial charge in [-0.25, -0.2) is 8.42 Å². The van der Waals surface area contributed by atoms with E-state index in [0.717, 1.165) is 36.5 Å². The Labute approximate surface area is 163 Å². The van der Waals surface area contributed by atoms with Crippen LogP contribution in [0, 0.1) is 12.8 Å². The van der Waals surface area contributed by atoms with E-state index in [1.165, 1.54) is 6.26 Å². The highest BCUT2D eigenvalue weighted by molar-refractivity contribution is 14.0. The van der Waals surface area contributed by atoms with Crippen LogP contribution in [0.15, 0.2) is 28.1 Å². The Kier molecular flexibility index (Phi) is 10.5. The van der Waals surface area contributed by atoms with E-state index in [0.29, 0.717) is 17.4 Å². The number of aryl methyl sites for hydroxylation is 1. The number of sulfone groups is 1. The quantitative estimate of drug-likeness (QED) is 0.367. The topological polar surface area (TPSA) is 70.6 Å². The maximum absolute atomic E-state index is 11.6. The first-order valence-electron chi connectivity index (χ1n) is 8.05. The SMILES string of the molecule is CCC(CC)CNC(=NC)NCc1ccc(S(C)(=O)=O)c(C)c1.I. The first-order chi connectivity index (χ1) is 10.8. The minimum atomic E-state index is -3.17. The number of halogens is 1. The Hall–Kier alpha value is -0.830. The molecule has 0 aliphatic heterocycles. The summed E-state index contributed by atoms with van der Waals surface area (Å²) in [6.07, 6.45) is 3.52. The summed E-state index contributed by atoms with van der Waals surface area (Å²) in [6, 6.07) is 5.41. The smallest absolute Gasteiger partial charge is 0.191 e. The molecule has 0 spiro atoms. The van der Waals surface area contributed by atoms with Gasteiger partial charge in [0.15, 0.2) is 15.8 Å². The van der Waals surface area contributed by atoms with Crippen LogP contribution in [0.4, 0.5) is 0 Å². The Bertz CT molecular complexity index is 641. The summed E-state index contributed by atoms with van der Waals surface area (Å²) in [5.74, 6) is 1.41. The second-order valence-corrected chi connectivity index (χ2v) is 7.85. The molecule has 24 heavy (non-hydrogen) atoms. The molecule has 1 rings (SSSR count). The van der Waals surface area contributed by atoms with Gasteiger partial charge in [-0.15, -0.1) is 24.0 Å². The number of benzene rings is 1. The maximum atomic E-state index is 11.6. The Morgan fingerprint density at radius 1 is 1.21 bits per heavy atom. The van der Waals surface area contributed by atoms with E-state index in [4.69, 9.17) is 0 Å². The zero-order valence-electron chi connectivity index (χ0n) is 15.2. The lowest BCUT2D eigenvalue weighted by molar-refractivity contribution is 0.481. The van der Waals surface area contributed by atoms with Gasteiger partial charge in [-0.2, -0.15) is 0 Å². The third kappa shape index (κ3) is 7.38. The van der Waals surface area contributed by atoms with Gasteiger partial charge in [0.25, 0.3) is 0 Å². The fourth-order valence-electron chi connectivity index (χ4n) is 2.46. The van der Waals surface area contributed by atoms with Gasteiger partial charge in [0.1, 0.15) is 0 Å². The van der Waals surface area contributed by atoms with Gasteiger partial charge >= 0.3 is 0 Å². The molecule has 1 aromatic rings. The number of nitrogens with zero attached hydrogens (tertiary/aromatic N) is 1. The lowest BCUT2D eigenvalue weighted by Gasteiger charge is -2.17. The van der Waals surface area contributed by atoms with Crippen molar-refractivity contribution in [2.45, 2.75) is 45.1 Å². The van der Waals surface area contributed by atoms with Crippen LogP contribution in [0.3, 0.4) is 0 Å². The molecule has 138 valence electrons. The molecule has 0 aliphatic rings. The monoisotopic (exact) mass is 467 g/mol. The van der Waals surface area contributed by atoms with Crippen molar-refractivity contribution >= 4 is 39.8 Å². The summed E-state index contributed by atoms with van der Waals surface area (Å²) in [6.45, 7) is 7.71. The maximum Gasteiger partial charge on any atom is 0.191 e. The van der Waals surface area contributed by atoms with Gasteiger partial charge < -0.3 is 10.6 Å². The summed E-state index contributed by atoms with van der Waals surface area (Å²) in [5, 5.41) is 6.60. The summed E-state index contributed by atoms with van der Waals surface area (Å²) < 4.78 is 23.3. The van der Waals surface area contributed by atoms with Crippen LogP contribution in [0.25, 0.3) is 0 Å². The lowest BCUT2D eigenvalue weighted by atomic mass is 10.0. The van der Waals surface area contributed by atoms with E-state index < -0.39 is 9.84 Å². The third-order valence-electron chi connectivity index (χ3n) is 4.04. The predicted molar refractivity (Wildman–Crippen MR) is 112 cm³/mol. The molecule has 0 atom stereocenters. The number of nitrogens with one attached hydrogen (secondary N) is 2. The molecule has 0 bridgehead atoms. The van der Waals surface area contributed by atoms with Crippen LogP contribution in [-0.2, 0) is 16.4 Å². The fourth-order valence-corrected chi connectivity index (χ4v) is 3.42. The van der Waals surface area contributed by atoms with Crippen LogP contribution in [-0.4, -0.2) is 34.2 Å². The van der Waals surface area contributed by atoms with Crippen molar-refractivity contribution in [3.05, 3.63) is 29.3 Å². The summed E-state index contributed by atoms with van der Waals surface area (Å²) >= 11 is 0. The van der Waals surface area contributed by atoms with E-state index in [9.17, 15) is 8.42 Å². The molecular formula is C17H30IN3O2S. The van der Waals surface area contributed by atoms with Gasteiger partial charge in [0.2, 0.25) is 0 Å². The molecule has 0 fully saturated rings. The van der Waals surface area contributed by atoms with Crippen molar-refractivity contribution < 1.29 is 8.42 Å². The lowest BCUT2D eigenvalue weighted by Crippen LogP contribution is -2.39. The Balaban J connectivity index is 0.00000529. The van der Waals surface area contributed by atoms with E-state index in [-0.39, 0.29) is 24.0 Å². The molecule has 0 aromatic heterocycles. The molecule has 7 heteroatoms. The molecule has 1 aromatic carbocycles. The van der Waals surface area contributed by atoms with Crippen LogP contribution < -0.4 is 10.6 Å². The van der Waals surface area contributed by atoms with E-state index in [1.807, 2.05) is 19.1 Å². The van der Waals surface area contributed by atoms with Crippen molar-refractivity contribution in [3.8, 4) is 0 Å². The zero-order valence-corrected chi connectivity index (χ0v) is 18.4. The van der Waals surface area contributed by atoms with Gasteiger partial charge in [-0.05, 0) is 30.0 Å². The van der Waals surface area contributed by atoms with Crippen molar-refractivity contribution in [2.75, 3.05) is 19.8 Å². The normalized spacial score (nSPS) is 12.0. The van der Waals surface area contributed by atoms with E-state index in [1.54, 1.807) is 13.1 Å². The molecule has 0 heterocycles. The fraction of sp³-hybridized carbons (Fsp3) is 0.588. The zero-order chi connectivity index (χ0) is 17.5. The number of guanidine groups is 1. The Morgan fingerprint density at radius 2 is 1.83 bits per heavy atom. The molecule has 0 unspecified atom stereocenters. The molecule has 0 radical (unpaired) electrons. The molecule has 0 saturated carbocycles. The average molecular weight is 467 g/mol. The standard InChI is InChI=1S/C17H29N3O2S.HI/c1-6-14(7-2)11-19-17(18-4)20-12-15-8-9-16(13(3)10-15)23(5,21)22;/h8-10,14H,6-7,11-12H2,1-5H3,(H2,18,19,20);1H. The van der Waals surface area contributed by atoms with Crippen molar-refractivity contribution in [1.29, 1.82) is 0 Å². The third-order valence-corrected chi connectivity index (χ3v) is 5.29. The van der Waals surface area contributed by atoms with Gasteiger partial charge in [-0.1, -0.05) is 38.8 Å². The van der Waals surface area contributed by atoms with Crippen LogP contribution in [0.2, 0.25) is 0 Å². The first-order valence-corrected chi connectivity index (χ1v) is 9.95. The molecule has 2 N–H and O–H groups in total. The van der Waals surface area contributed by atoms with Crippen LogP contribution in [0.5, 0.6) is 0 Å². The highest BCUT2D eigenvalue weighted by Crippen LogP contribution is 2.16. The van der Waals surface area contributed by atoms with Gasteiger partial charge in [0, 0.05) is 26.4 Å². The minimum absolute atomic E-state index is 0. The van der Waals surface area contributed by atoms with E-state index in [2.05, 4.69) is 29.5 Å². The second-order valence-electron chi connectivity index (χ2n) is 5.86. The highest BCUT2D eigenvalue weighted by Gasteiger charge is 2.11. The van der Waals surface area contributed by atoms with E-state index >= 15 is 0 Å². The number of rotatable bonds is 7. The first kappa shape index (κ1) is 23.2. The number of hydrogen-bond donors (Lipinski definition) is 2. The van der Waals surface area contributed by atoms with Gasteiger partial charge in [0.05, 0.1) is 4.90 Å². The highest BCUT2D eigenvalue weighted by atomic mass is 127. The Morgan fingerprint density at radius 3 is 2.29 bits per heavy atom. The summed E-state index contributed by atoms with van der Waals surface area (Å²) in [5.41, 5.74) is 1.80. The number of hydrogen-bond acceptors (Lipinski definition) is 3. The minimum Gasteiger partial charge on any atom is -0.356 e. The van der Waals surface area contributed by atoms with Crippen molar-refractivity contribution in [2.24, 2.45) is 10.9 Å². The average Bonchev–Trinajstić information content (AvgIpc) is 2.49. The molecule has 0 saturated heterocycles. The van der Waals surface area contributed by atoms with Gasteiger partial charge in [-0.3, -0.25) is 4.99 Å². The summed E-state index contributed by atoms with van der Waals surface area (Å²) in [7, 11) is -1.42. The van der Waals surface area contributed by atoms with Crippen molar-refractivity contribution in [3.63, 3.8) is 0 Å². The molecule has 0 amide bonds. The van der Waals surface area contributed by atoms with Crippen molar-refractivity contribution in [1.82, 2.24) is 10.6 Å². The van der Waals surface area contributed by atoms with Crippen LogP contribution >= 0.6 is 24.0 Å². The predicted octanol–water partition coefficient (Wildman–Crippen LogP) is 3.12. The molecular weight excluding hydrogens is 437 g/mol. The summed E-state index contributed by atoms with van der Waals surface area (Å²) in [4.78, 5) is 4.61. The molecule has 0 aliphatic carbocycles. The second kappa shape index (κ2) is 10.9. The molecule has 5 nitrogen and oxygen atoms in total. The number of aliphatic imine (C=N–C) groups is 1.